The molecule has 9 nitrogen and oxygen atoms in total. The van der Waals surface area contributed by atoms with Gasteiger partial charge in [-0.15, -0.1) is 0 Å². The van der Waals surface area contributed by atoms with E-state index in [9.17, 15) is 9.59 Å². The Kier molecular flexibility index (Phi) is 5.99. The molecule has 0 spiro atoms. The van der Waals surface area contributed by atoms with Crippen LogP contribution in [0.4, 0.5) is 11.4 Å². The lowest BCUT2D eigenvalue weighted by molar-refractivity contribution is -0.124. The van der Waals surface area contributed by atoms with E-state index in [1.54, 1.807) is 49.1 Å². The number of likely N-dealkylation sites (tertiary alicyclic amines) is 1. The quantitative estimate of drug-likeness (QED) is 0.554. The summed E-state index contributed by atoms with van der Waals surface area (Å²) in [6.45, 7) is 3.98. The number of anilines is 2. The van der Waals surface area contributed by atoms with Crippen molar-refractivity contribution in [2.75, 3.05) is 24.7 Å². The van der Waals surface area contributed by atoms with E-state index in [0.717, 1.165) is 0 Å². The Balaban J connectivity index is 1.68. The first-order valence-electron chi connectivity index (χ1n) is 10.5. The van der Waals surface area contributed by atoms with Crippen LogP contribution in [0.2, 0.25) is 5.02 Å². The molecule has 1 atom stereocenters. The van der Waals surface area contributed by atoms with E-state index < -0.39 is 5.54 Å². The molecule has 4 rings (SSSR count). The molecule has 0 bridgehead atoms. The molecule has 10 heteroatoms. The minimum atomic E-state index is -1.07. The van der Waals surface area contributed by atoms with Gasteiger partial charge in [0.1, 0.15) is 11.3 Å². The van der Waals surface area contributed by atoms with E-state index >= 15 is 0 Å². The molecule has 3 aromatic rings. The first kappa shape index (κ1) is 22.6. The number of methoxy groups -OCH3 is 1. The van der Waals surface area contributed by atoms with Crippen LogP contribution in [0.15, 0.2) is 42.7 Å². The summed E-state index contributed by atoms with van der Waals surface area (Å²) in [4.78, 5) is 30.1. The molecular formula is C23H25ClN6O3. The molecular weight excluding hydrogens is 444 g/mol. The summed E-state index contributed by atoms with van der Waals surface area (Å²) in [5.74, 6) is -0.107. The zero-order chi connectivity index (χ0) is 23.8. The van der Waals surface area contributed by atoms with Crippen LogP contribution in [-0.4, -0.2) is 50.9 Å². The lowest BCUT2D eigenvalue weighted by Crippen LogP contribution is -2.53. The SMILES string of the molecule is COc1ccc(-n2nccn2)c(C(=O)N2CCCC2(C)C(=O)Nc2ccc(Cl)c(C)c2N)c1. The molecule has 33 heavy (non-hydrogen) atoms. The summed E-state index contributed by atoms with van der Waals surface area (Å²) in [6.07, 6.45) is 4.26. The van der Waals surface area contributed by atoms with E-state index in [1.165, 1.54) is 24.3 Å². The second-order valence-electron chi connectivity index (χ2n) is 8.12. The maximum absolute atomic E-state index is 13.7. The lowest BCUT2D eigenvalue weighted by atomic mass is 9.96. The number of nitrogens with zero attached hydrogens (tertiary/aromatic N) is 4. The largest absolute Gasteiger partial charge is 0.497 e. The normalized spacial score (nSPS) is 17.8. The molecule has 1 aromatic heterocycles. The maximum atomic E-state index is 13.7. The van der Waals surface area contributed by atoms with Crippen LogP contribution in [0.1, 0.15) is 35.7 Å². The van der Waals surface area contributed by atoms with Gasteiger partial charge >= 0.3 is 0 Å². The average molecular weight is 469 g/mol. The van der Waals surface area contributed by atoms with Crippen LogP contribution < -0.4 is 15.8 Å². The highest BCUT2D eigenvalue weighted by Gasteiger charge is 2.46. The number of rotatable bonds is 5. The van der Waals surface area contributed by atoms with Gasteiger partial charge in [0.05, 0.1) is 42.1 Å². The number of hydrogen-bond donors (Lipinski definition) is 2. The van der Waals surface area contributed by atoms with Crippen LogP contribution in [0.5, 0.6) is 5.75 Å². The first-order valence-corrected chi connectivity index (χ1v) is 10.9. The van der Waals surface area contributed by atoms with Gasteiger partial charge in [-0.1, -0.05) is 11.6 Å². The van der Waals surface area contributed by atoms with Gasteiger partial charge in [0.2, 0.25) is 5.91 Å². The number of amides is 2. The molecule has 1 aliphatic heterocycles. The number of carbonyl (C=O) groups excluding carboxylic acids is 2. The molecule has 1 fully saturated rings. The number of carbonyl (C=O) groups is 2. The van der Waals surface area contributed by atoms with Gasteiger partial charge in [-0.25, -0.2) is 0 Å². The smallest absolute Gasteiger partial charge is 0.257 e. The molecule has 3 N–H and O–H groups in total. The molecule has 2 aromatic carbocycles. The van der Waals surface area contributed by atoms with E-state index in [4.69, 9.17) is 22.1 Å². The van der Waals surface area contributed by atoms with Crippen LogP contribution in [-0.2, 0) is 4.79 Å². The van der Waals surface area contributed by atoms with Crippen molar-refractivity contribution >= 4 is 34.8 Å². The van der Waals surface area contributed by atoms with Crippen LogP contribution in [0.3, 0.4) is 0 Å². The van der Waals surface area contributed by atoms with E-state index in [2.05, 4.69) is 15.5 Å². The summed E-state index contributed by atoms with van der Waals surface area (Å²) in [7, 11) is 1.53. The first-order chi connectivity index (χ1) is 15.8. The third-order valence-electron chi connectivity index (χ3n) is 6.14. The molecule has 0 saturated carbocycles. The van der Waals surface area contributed by atoms with Crippen molar-refractivity contribution in [1.29, 1.82) is 0 Å². The number of aromatic nitrogens is 3. The molecule has 172 valence electrons. The second-order valence-corrected chi connectivity index (χ2v) is 8.53. The van der Waals surface area contributed by atoms with Crippen molar-refractivity contribution < 1.29 is 14.3 Å². The number of nitrogen functional groups attached to an aromatic ring is 1. The van der Waals surface area contributed by atoms with Crippen molar-refractivity contribution in [1.82, 2.24) is 19.9 Å². The van der Waals surface area contributed by atoms with E-state index in [-0.39, 0.29) is 11.8 Å². The number of benzene rings is 2. The molecule has 0 aliphatic carbocycles. The fraction of sp³-hybridized carbons (Fsp3) is 0.304. The third-order valence-corrected chi connectivity index (χ3v) is 6.55. The molecule has 1 saturated heterocycles. The number of nitrogens with two attached hydrogens (primary N) is 1. The molecule has 1 unspecified atom stereocenters. The van der Waals surface area contributed by atoms with Gasteiger partial charge in [-0.05, 0) is 62.6 Å². The van der Waals surface area contributed by atoms with Crippen molar-refractivity contribution in [2.45, 2.75) is 32.2 Å². The topological polar surface area (TPSA) is 115 Å². The maximum Gasteiger partial charge on any atom is 0.257 e. The predicted octanol–water partition coefficient (Wildman–Crippen LogP) is 3.45. The van der Waals surface area contributed by atoms with Crippen LogP contribution in [0.25, 0.3) is 5.69 Å². The molecule has 2 heterocycles. The monoisotopic (exact) mass is 468 g/mol. The Morgan fingerprint density at radius 3 is 2.64 bits per heavy atom. The summed E-state index contributed by atoms with van der Waals surface area (Å²) < 4.78 is 5.33. The van der Waals surface area contributed by atoms with Crippen molar-refractivity contribution in [2.24, 2.45) is 0 Å². The molecule has 1 aliphatic rings. The standard InChI is InChI=1S/C23H25ClN6O3/c1-14-17(24)6-7-18(20(14)25)28-22(32)23(2)9-4-12-29(23)21(31)16-13-15(33-3)5-8-19(16)30-26-10-11-27-30/h5-8,10-11,13H,4,9,12,25H2,1-3H3,(H,28,32). The summed E-state index contributed by atoms with van der Waals surface area (Å²) in [5, 5.41) is 11.7. The number of ether oxygens (including phenoxy) is 1. The van der Waals surface area contributed by atoms with Gasteiger partial charge in [-0.2, -0.15) is 15.0 Å². The minimum absolute atomic E-state index is 0.309. The summed E-state index contributed by atoms with van der Waals surface area (Å²) in [5.41, 5.74) is 7.47. The van der Waals surface area contributed by atoms with E-state index in [1.807, 2.05) is 0 Å². The Bertz CT molecular complexity index is 1210. The van der Waals surface area contributed by atoms with Gasteiger partial charge in [0.15, 0.2) is 0 Å². The molecule has 0 radical (unpaired) electrons. The minimum Gasteiger partial charge on any atom is -0.497 e. The van der Waals surface area contributed by atoms with Crippen molar-refractivity contribution in [3.63, 3.8) is 0 Å². The Morgan fingerprint density at radius 2 is 1.94 bits per heavy atom. The average Bonchev–Trinajstić information content (AvgIpc) is 3.49. The van der Waals surface area contributed by atoms with Crippen molar-refractivity contribution in [3.05, 3.63) is 58.9 Å². The van der Waals surface area contributed by atoms with Crippen LogP contribution >= 0.6 is 11.6 Å². The number of halogens is 1. The predicted molar refractivity (Wildman–Crippen MR) is 126 cm³/mol. The van der Waals surface area contributed by atoms with E-state index in [0.29, 0.717) is 58.3 Å². The highest BCUT2D eigenvalue weighted by molar-refractivity contribution is 6.32. The van der Waals surface area contributed by atoms with Gasteiger partial charge < -0.3 is 20.7 Å². The third kappa shape index (κ3) is 4.00. The van der Waals surface area contributed by atoms with Gasteiger partial charge in [-0.3, -0.25) is 9.59 Å². The highest BCUT2D eigenvalue weighted by Crippen LogP contribution is 2.35. The summed E-state index contributed by atoms with van der Waals surface area (Å²) in [6, 6.07) is 8.44. The Hall–Kier alpha value is -3.59. The Morgan fingerprint density at radius 1 is 1.21 bits per heavy atom. The van der Waals surface area contributed by atoms with Crippen LogP contribution in [0, 0.1) is 6.92 Å². The molecule has 2 amide bonds. The lowest BCUT2D eigenvalue weighted by Gasteiger charge is -2.34. The number of nitrogens with one attached hydrogen (secondary N) is 1. The second kappa shape index (κ2) is 8.74. The van der Waals surface area contributed by atoms with Gasteiger partial charge in [0, 0.05) is 11.6 Å². The van der Waals surface area contributed by atoms with Gasteiger partial charge in [0.25, 0.3) is 5.91 Å². The Labute approximate surface area is 196 Å². The highest BCUT2D eigenvalue weighted by atomic mass is 35.5. The van der Waals surface area contributed by atoms with Crippen molar-refractivity contribution in [3.8, 4) is 11.4 Å². The summed E-state index contributed by atoms with van der Waals surface area (Å²) >= 11 is 6.12. The fourth-order valence-electron chi connectivity index (χ4n) is 4.07. The fourth-order valence-corrected chi connectivity index (χ4v) is 4.23. The number of hydrogen-bond acceptors (Lipinski definition) is 6. The zero-order valence-corrected chi connectivity index (χ0v) is 19.4. The zero-order valence-electron chi connectivity index (χ0n) is 18.6.